The molecule has 0 atom stereocenters. The molecule has 6 nitrogen and oxygen atoms in total. The Morgan fingerprint density at radius 1 is 1.41 bits per heavy atom. The fourth-order valence-electron chi connectivity index (χ4n) is 1.74. The maximum absolute atomic E-state index is 11.5. The van der Waals surface area contributed by atoms with Crippen molar-refractivity contribution < 1.29 is 0 Å². The molecular weight excluding hydrogens is 220 g/mol. The summed E-state index contributed by atoms with van der Waals surface area (Å²) < 4.78 is 3.29. The van der Waals surface area contributed by atoms with E-state index in [0.717, 1.165) is 17.9 Å². The average Bonchev–Trinajstić information content (AvgIpc) is 2.63. The third-order valence-electron chi connectivity index (χ3n) is 2.51. The van der Waals surface area contributed by atoms with Crippen molar-refractivity contribution >= 4 is 0 Å². The summed E-state index contributed by atoms with van der Waals surface area (Å²) in [5.41, 5.74) is 1.07. The van der Waals surface area contributed by atoms with Crippen molar-refractivity contribution in [2.75, 3.05) is 0 Å². The number of aromatic amines is 1. The van der Waals surface area contributed by atoms with E-state index in [4.69, 9.17) is 0 Å². The number of rotatable bonds is 3. The van der Waals surface area contributed by atoms with Crippen molar-refractivity contribution in [2.45, 2.75) is 26.9 Å². The van der Waals surface area contributed by atoms with Crippen LogP contribution in [-0.2, 0) is 13.1 Å². The molecule has 0 radical (unpaired) electrons. The molecule has 0 aliphatic heterocycles. The maximum Gasteiger partial charge on any atom is 0.328 e. The van der Waals surface area contributed by atoms with Gasteiger partial charge in [-0.2, -0.15) is 5.10 Å². The Kier molecular flexibility index (Phi) is 2.95. The van der Waals surface area contributed by atoms with E-state index in [1.165, 1.54) is 16.8 Å². The van der Waals surface area contributed by atoms with Gasteiger partial charge in [-0.1, -0.05) is 0 Å². The van der Waals surface area contributed by atoms with Gasteiger partial charge in [-0.25, -0.2) is 4.79 Å². The first-order valence-electron chi connectivity index (χ1n) is 5.43. The van der Waals surface area contributed by atoms with Crippen LogP contribution in [0.2, 0.25) is 0 Å². The zero-order chi connectivity index (χ0) is 12.4. The lowest BCUT2D eigenvalue weighted by molar-refractivity contribution is 0.586. The minimum atomic E-state index is -0.404. The maximum atomic E-state index is 11.5. The molecule has 0 fully saturated rings. The van der Waals surface area contributed by atoms with E-state index < -0.39 is 5.69 Å². The highest BCUT2D eigenvalue weighted by Gasteiger charge is 2.05. The van der Waals surface area contributed by atoms with Crippen LogP contribution in [0.15, 0.2) is 27.9 Å². The topological polar surface area (TPSA) is 72.7 Å². The molecule has 0 bridgehead atoms. The summed E-state index contributed by atoms with van der Waals surface area (Å²) in [7, 11) is 0. The van der Waals surface area contributed by atoms with Crippen molar-refractivity contribution in [3.8, 4) is 0 Å². The van der Waals surface area contributed by atoms with Gasteiger partial charge in [0.2, 0.25) is 0 Å². The molecule has 2 aromatic heterocycles. The fraction of sp³-hybridized carbons (Fsp3) is 0.364. The van der Waals surface area contributed by atoms with Crippen LogP contribution in [0, 0.1) is 6.92 Å². The summed E-state index contributed by atoms with van der Waals surface area (Å²) in [6, 6.07) is 3.27. The summed E-state index contributed by atoms with van der Waals surface area (Å²) in [5.74, 6) is 0. The van der Waals surface area contributed by atoms with E-state index in [0.29, 0.717) is 6.54 Å². The Morgan fingerprint density at radius 3 is 2.82 bits per heavy atom. The van der Waals surface area contributed by atoms with Crippen LogP contribution in [0.1, 0.15) is 18.3 Å². The highest BCUT2D eigenvalue weighted by molar-refractivity contribution is 5.09. The van der Waals surface area contributed by atoms with Crippen molar-refractivity contribution in [1.82, 2.24) is 19.3 Å². The quantitative estimate of drug-likeness (QED) is 0.819. The standard InChI is InChI=1S/C11H14N4O2/c1-3-15-9(6-8(2)13-15)7-14-5-4-10(16)12-11(14)17/h4-6H,3,7H2,1-2H3,(H,12,16,17). The van der Waals surface area contributed by atoms with Gasteiger partial charge in [0.1, 0.15) is 0 Å². The number of hydrogen-bond donors (Lipinski definition) is 1. The first kappa shape index (κ1) is 11.4. The zero-order valence-electron chi connectivity index (χ0n) is 9.80. The average molecular weight is 234 g/mol. The van der Waals surface area contributed by atoms with Gasteiger partial charge >= 0.3 is 5.69 Å². The van der Waals surface area contributed by atoms with E-state index in [1.54, 1.807) is 0 Å². The smallest absolute Gasteiger partial charge is 0.295 e. The molecule has 0 saturated carbocycles. The highest BCUT2D eigenvalue weighted by atomic mass is 16.2. The number of aryl methyl sites for hydroxylation is 2. The Bertz CT molecular complexity index is 635. The molecule has 2 aromatic rings. The number of aromatic nitrogens is 4. The normalized spacial score (nSPS) is 10.7. The lowest BCUT2D eigenvalue weighted by Crippen LogP contribution is -2.29. The number of hydrogen-bond acceptors (Lipinski definition) is 3. The number of nitrogens with zero attached hydrogens (tertiary/aromatic N) is 3. The third-order valence-corrected chi connectivity index (χ3v) is 2.51. The predicted octanol–water partition coefficient (Wildman–Crippen LogP) is 0.110. The molecule has 1 N–H and O–H groups in total. The van der Waals surface area contributed by atoms with E-state index in [1.807, 2.05) is 24.6 Å². The van der Waals surface area contributed by atoms with Crippen LogP contribution in [0.3, 0.4) is 0 Å². The Morgan fingerprint density at radius 2 is 2.18 bits per heavy atom. The van der Waals surface area contributed by atoms with Gasteiger partial charge in [0, 0.05) is 18.8 Å². The molecule has 0 unspecified atom stereocenters. The van der Waals surface area contributed by atoms with Gasteiger partial charge in [0.05, 0.1) is 17.9 Å². The van der Waals surface area contributed by atoms with Gasteiger partial charge < -0.3 is 0 Å². The summed E-state index contributed by atoms with van der Waals surface area (Å²) in [4.78, 5) is 24.7. The van der Waals surface area contributed by atoms with Crippen LogP contribution >= 0.6 is 0 Å². The predicted molar refractivity (Wildman–Crippen MR) is 63.1 cm³/mol. The second-order valence-corrected chi connectivity index (χ2v) is 3.83. The van der Waals surface area contributed by atoms with Crippen LogP contribution in [-0.4, -0.2) is 19.3 Å². The SMILES string of the molecule is CCn1nc(C)cc1Cn1ccc(=O)[nH]c1=O. The van der Waals surface area contributed by atoms with Crippen molar-refractivity contribution in [3.63, 3.8) is 0 Å². The highest BCUT2D eigenvalue weighted by Crippen LogP contribution is 2.04. The Balaban J connectivity index is 2.37. The molecule has 2 rings (SSSR count). The van der Waals surface area contributed by atoms with Crippen molar-refractivity contribution in [3.05, 3.63) is 50.6 Å². The van der Waals surface area contributed by atoms with Crippen LogP contribution in [0.4, 0.5) is 0 Å². The lowest BCUT2D eigenvalue weighted by Gasteiger charge is -2.06. The first-order valence-corrected chi connectivity index (χ1v) is 5.43. The van der Waals surface area contributed by atoms with Gasteiger partial charge in [0.25, 0.3) is 5.56 Å². The van der Waals surface area contributed by atoms with E-state index >= 15 is 0 Å². The van der Waals surface area contributed by atoms with Crippen LogP contribution in [0.5, 0.6) is 0 Å². The molecule has 90 valence electrons. The minimum Gasteiger partial charge on any atom is -0.295 e. The van der Waals surface area contributed by atoms with Crippen molar-refractivity contribution in [1.29, 1.82) is 0 Å². The molecule has 2 heterocycles. The Labute approximate surface area is 97.5 Å². The fourth-order valence-corrected chi connectivity index (χ4v) is 1.74. The largest absolute Gasteiger partial charge is 0.328 e. The first-order chi connectivity index (χ1) is 8.10. The van der Waals surface area contributed by atoms with Gasteiger partial charge in [-0.3, -0.25) is 19.0 Å². The second-order valence-electron chi connectivity index (χ2n) is 3.83. The van der Waals surface area contributed by atoms with Gasteiger partial charge in [-0.05, 0) is 19.9 Å². The monoisotopic (exact) mass is 234 g/mol. The molecule has 0 aliphatic rings. The number of nitrogens with one attached hydrogen (secondary N) is 1. The summed E-state index contributed by atoms with van der Waals surface area (Å²) >= 11 is 0. The molecule has 0 aromatic carbocycles. The van der Waals surface area contributed by atoms with Gasteiger partial charge in [-0.15, -0.1) is 0 Å². The number of H-pyrrole nitrogens is 1. The van der Waals surface area contributed by atoms with E-state index in [9.17, 15) is 9.59 Å². The molecule has 0 saturated heterocycles. The summed E-state index contributed by atoms with van der Waals surface area (Å²) in [5, 5.41) is 4.30. The van der Waals surface area contributed by atoms with Crippen LogP contribution in [0.25, 0.3) is 0 Å². The third kappa shape index (κ3) is 2.35. The van der Waals surface area contributed by atoms with E-state index in [2.05, 4.69) is 10.1 Å². The van der Waals surface area contributed by atoms with Gasteiger partial charge in [0.15, 0.2) is 0 Å². The molecule has 6 heteroatoms. The van der Waals surface area contributed by atoms with Crippen molar-refractivity contribution in [2.24, 2.45) is 0 Å². The van der Waals surface area contributed by atoms with E-state index in [-0.39, 0.29) is 5.56 Å². The Hall–Kier alpha value is -2.11. The minimum absolute atomic E-state index is 0.383. The zero-order valence-corrected chi connectivity index (χ0v) is 9.80. The summed E-state index contributed by atoms with van der Waals surface area (Å²) in [6.07, 6.45) is 1.49. The molecular formula is C11H14N4O2. The molecule has 0 spiro atoms. The lowest BCUT2D eigenvalue weighted by atomic mass is 10.3. The molecule has 0 amide bonds. The molecule has 0 aliphatic carbocycles. The summed E-state index contributed by atoms with van der Waals surface area (Å²) in [6.45, 7) is 5.06. The van der Waals surface area contributed by atoms with Crippen LogP contribution < -0.4 is 11.2 Å². The second kappa shape index (κ2) is 4.40. The molecule has 17 heavy (non-hydrogen) atoms.